The first-order valence-corrected chi connectivity index (χ1v) is 15.6. The summed E-state index contributed by atoms with van der Waals surface area (Å²) in [6.45, 7) is 13.1. The number of nitrogens with one attached hydrogen (secondary N) is 2. The number of thioether (sulfide) groups is 1. The summed E-state index contributed by atoms with van der Waals surface area (Å²) < 4.78 is 4.79. The third-order valence-electron chi connectivity index (χ3n) is 7.76. The number of halogens is 1. The molecule has 216 valence electrons. The number of aliphatic hydroxyl groups is 1. The van der Waals surface area contributed by atoms with Crippen molar-refractivity contribution >= 4 is 51.1 Å². The minimum atomic E-state index is -0.714. The molecular weight excluding hydrogens is 582 g/mol. The van der Waals surface area contributed by atoms with Crippen molar-refractivity contribution in [1.29, 1.82) is 0 Å². The predicted octanol–water partition coefficient (Wildman–Crippen LogP) is 4.20. The molecule has 1 aromatic carbocycles. The van der Waals surface area contributed by atoms with Gasteiger partial charge in [-0.1, -0.05) is 36.7 Å². The second-order valence-electron chi connectivity index (χ2n) is 12.8. The third-order valence-corrected chi connectivity index (χ3v) is 11.0. The zero-order valence-electron chi connectivity index (χ0n) is 23.8. The van der Waals surface area contributed by atoms with Gasteiger partial charge in [0.15, 0.2) is 0 Å². The van der Waals surface area contributed by atoms with E-state index in [9.17, 15) is 19.5 Å². The summed E-state index contributed by atoms with van der Waals surface area (Å²) >= 11 is 5.42. The first-order valence-electron chi connectivity index (χ1n) is 13.8. The monoisotopic (exact) mass is 623 g/mol. The SMILES string of the molecule is CCOc1ccc(NC(=O)[C@H]2[C@@H]3SC4(CC3Br)C(C(=O)NC(C)(C)CC(C)(C)C)N(CCCO)C(=O)[C@H]24)cc1. The van der Waals surface area contributed by atoms with Crippen LogP contribution in [-0.4, -0.2) is 73.9 Å². The lowest BCUT2D eigenvalue weighted by Crippen LogP contribution is -2.58. The number of hydrogen-bond acceptors (Lipinski definition) is 6. The van der Waals surface area contributed by atoms with Gasteiger partial charge < -0.3 is 25.4 Å². The number of amides is 3. The number of ether oxygens (including phenoxy) is 1. The minimum absolute atomic E-state index is 0.00157. The molecule has 3 heterocycles. The zero-order valence-corrected chi connectivity index (χ0v) is 26.2. The molecule has 8 nitrogen and oxygen atoms in total. The van der Waals surface area contributed by atoms with Crippen LogP contribution in [0.4, 0.5) is 5.69 Å². The maximum atomic E-state index is 14.0. The summed E-state index contributed by atoms with van der Waals surface area (Å²) in [5.41, 5.74) is 0.165. The van der Waals surface area contributed by atoms with Crippen LogP contribution in [0.2, 0.25) is 0 Å². The number of anilines is 1. The van der Waals surface area contributed by atoms with Gasteiger partial charge in [0.05, 0.1) is 23.2 Å². The van der Waals surface area contributed by atoms with Crippen LogP contribution in [0.15, 0.2) is 24.3 Å². The van der Waals surface area contributed by atoms with Crippen LogP contribution in [0.5, 0.6) is 5.75 Å². The molecule has 3 N–H and O–H groups in total. The molecule has 0 aliphatic carbocycles. The zero-order chi connectivity index (χ0) is 28.8. The van der Waals surface area contributed by atoms with Gasteiger partial charge in [-0.25, -0.2) is 0 Å². The highest BCUT2D eigenvalue weighted by molar-refractivity contribution is 9.09. The lowest BCUT2D eigenvalue weighted by Gasteiger charge is -2.39. The van der Waals surface area contributed by atoms with Crippen molar-refractivity contribution in [2.75, 3.05) is 25.1 Å². The first-order chi connectivity index (χ1) is 18.2. The Balaban J connectivity index is 1.63. The lowest BCUT2D eigenvalue weighted by atomic mass is 9.70. The van der Waals surface area contributed by atoms with Gasteiger partial charge in [-0.15, -0.1) is 11.8 Å². The molecule has 1 spiro atoms. The van der Waals surface area contributed by atoms with Crippen LogP contribution < -0.4 is 15.4 Å². The summed E-state index contributed by atoms with van der Waals surface area (Å²) in [5, 5.41) is 15.7. The molecule has 6 atom stereocenters. The van der Waals surface area contributed by atoms with E-state index in [-0.39, 0.29) is 46.4 Å². The highest BCUT2D eigenvalue weighted by Gasteiger charge is 2.75. The molecule has 39 heavy (non-hydrogen) atoms. The van der Waals surface area contributed by atoms with Gasteiger partial charge in [0.2, 0.25) is 17.7 Å². The Labute approximate surface area is 244 Å². The number of fused-ring (bicyclic) bond motifs is 1. The molecular formula is C29H42BrN3O5S. The number of aliphatic hydroxyl groups excluding tert-OH is 1. The number of hydrogen-bond donors (Lipinski definition) is 3. The van der Waals surface area contributed by atoms with E-state index in [4.69, 9.17) is 4.74 Å². The second-order valence-corrected chi connectivity index (χ2v) is 15.5. The quantitative estimate of drug-likeness (QED) is 0.337. The Morgan fingerprint density at radius 2 is 1.85 bits per heavy atom. The van der Waals surface area contributed by atoms with Crippen molar-refractivity contribution in [3.63, 3.8) is 0 Å². The van der Waals surface area contributed by atoms with Crippen LogP contribution in [0.3, 0.4) is 0 Å². The van der Waals surface area contributed by atoms with Crippen molar-refractivity contribution in [1.82, 2.24) is 10.2 Å². The number of carbonyl (C=O) groups excluding carboxylic acids is 3. The van der Waals surface area contributed by atoms with Crippen LogP contribution in [-0.2, 0) is 14.4 Å². The van der Waals surface area contributed by atoms with Crippen LogP contribution >= 0.6 is 27.7 Å². The van der Waals surface area contributed by atoms with Gasteiger partial charge in [-0.2, -0.15) is 0 Å². The molecule has 0 aromatic heterocycles. The fraction of sp³-hybridized carbons (Fsp3) is 0.690. The van der Waals surface area contributed by atoms with E-state index in [1.54, 1.807) is 40.9 Å². The highest BCUT2D eigenvalue weighted by atomic mass is 79.9. The molecule has 3 aliphatic rings. The van der Waals surface area contributed by atoms with Crippen LogP contribution in [0.25, 0.3) is 0 Å². The van der Waals surface area contributed by atoms with Crippen molar-refractivity contribution in [3.8, 4) is 5.75 Å². The number of carbonyl (C=O) groups is 3. The number of alkyl halides is 1. The standard InChI is InChI=1S/C29H42BrN3O5S/c1-7-38-18-11-9-17(10-12-18)31-24(35)20-21-26(37)33(13-8-14-34)23(29(21)15-19(30)22(20)39-29)25(36)32-28(5,6)16-27(2,3)4/h9-12,19-23,34H,7-8,13-16H2,1-6H3,(H,31,35)(H,32,36)/t19?,20-,21+,22-,23?,29?/m1/s1. The van der Waals surface area contributed by atoms with E-state index in [1.807, 2.05) is 20.8 Å². The predicted molar refractivity (Wildman–Crippen MR) is 158 cm³/mol. The smallest absolute Gasteiger partial charge is 0.244 e. The molecule has 3 saturated heterocycles. The Hall–Kier alpha value is -1.78. The third kappa shape index (κ3) is 5.98. The van der Waals surface area contributed by atoms with E-state index in [2.05, 4.69) is 47.3 Å². The number of likely N-dealkylation sites (tertiary alicyclic amines) is 1. The molecule has 2 bridgehead atoms. The molecule has 3 aliphatic heterocycles. The van der Waals surface area contributed by atoms with Crippen molar-refractivity contribution < 1.29 is 24.2 Å². The molecule has 1 aromatic rings. The van der Waals surface area contributed by atoms with Gasteiger partial charge >= 0.3 is 0 Å². The van der Waals surface area contributed by atoms with Crippen molar-refractivity contribution in [2.45, 2.75) is 87.2 Å². The fourth-order valence-electron chi connectivity index (χ4n) is 7.01. The molecule has 0 radical (unpaired) electrons. The maximum absolute atomic E-state index is 14.0. The van der Waals surface area contributed by atoms with Gasteiger partial charge in [0.1, 0.15) is 11.8 Å². The van der Waals surface area contributed by atoms with Crippen LogP contribution in [0.1, 0.15) is 60.8 Å². The topological polar surface area (TPSA) is 108 Å². The Kier molecular flexibility index (Phi) is 8.70. The Morgan fingerprint density at radius 3 is 2.44 bits per heavy atom. The summed E-state index contributed by atoms with van der Waals surface area (Å²) in [7, 11) is 0. The number of nitrogens with zero attached hydrogens (tertiary/aromatic N) is 1. The molecule has 3 fully saturated rings. The van der Waals surface area contributed by atoms with Crippen LogP contribution in [0, 0.1) is 17.3 Å². The normalized spacial score (nSPS) is 29.9. The van der Waals surface area contributed by atoms with E-state index in [1.165, 1.54) is 0 Å². The lowest BCUT2D eigenvalue weighted by molar-refractivity contribution is -0.139. The Bertz CT molecular complexity index is 1090. The Morgan fingerprint density at radius 1 is 1.18 bits per heavy atom. The second kappa shape index (κ2) is 11.2. The number of benzene rings is 1. The summed E-state index contributed by atoms with van der Waals surface area (Å²) in [5.74, 6) is -1.03. The summed E-state index contributed by atoms with van der Waals surface area (Å²) in [6.07, 6.45) is 1.76. The first kappa shape index (κ1) is 30.2. The molecule has 10 heteroatoms. The van der Waals surface area contributed by atoms with Crippen molar-refractivity contribution in [3.05, 3.63) is 24.3 Å². The fourth-order valence-corrected chi connectivity index (χ4v) is 10.6. The summed E-state index contributed by atoms with van der Waals surface area (Å²) in [4.78, 5) is 43.4. The average Bonchev–Trinajstić information content (AvgIpc) is 3.40. The van der Waals surface area contributed by atoms with Gasteiger partial charge in [0.25, 0.3) is 0 Å². The minimum Gasteiger partial charge on any atom is -0.494 e. The van der Waals surface area contributed by atoms with Gasteiger partial charge in [0, 0.05) is 34.5 Å². The van der Waals surface area contributed by atoms with Crippen molar-refractivity contribution in [2.24, 2.45) is 17.3 Å². The summed E-state index contributed by atoms with van der Waals surface area (Å²) in [6, 6.07) is 6.49. The number of rotatable bonds is 10. The highest BCUT2D eigenvalue weighted by Crippen LogP contribution is 2.67. The molecule has 3 unspecified atom stereocenters. The van der Waals surface area contributed by atoms with E-state index >= 15 is 0 Å². The largest absolute Gasteiger partial charge is 0.494 e. The van der Waals surface area contributed by atoms with Gasteiger partial charge in [-0.3, -0.25) is 14.4 Å². The molecule has 3 amide bonds. The molecule has 4 rings (SSSR count). The molecule has 0 saturated carbocycles. The average molecular weight is 625 g/mol. The van der Waals surface area contributed by atoms with Gasteiger partial charge in [-0.05, 0) is 69.7 Å². The van der Waals surface area contributed by atoms with E-state index < -0.39 is 28.2 Å². The van der Waals surface area contributed by atoms with E-state index in [0.717, 1.165) is 12.2 Å². The maximum Gasteiger partial charge on any atom is 0.244 e. The van der Waals surface area contributed by atoms with E-state index in [0.29, 0.717) is 25.1 Å².